The van der Waals surface area contributed by atoms with Crippen molar-refractivity contribution in [1.29, 1.82) is 0 Å². The second kappa shape index (κ2) is 8.91. The Labute approximate surface area is 167 Å². The summed E-state index contributed by atoms with van der Waals surface area (Å²) in [5.74, 6) is 0.00298. The fourth-order valence-corrected chi connectivity index (χ4v) is 3.50. The minimum absolute atomic E-state index is 0.00298. The Balaban J connectivity index is 1.53. The van der Waals surface area contributed by atoms with Crippen molar-refractivity contribution in [1.82, 2.24) is 15.5 Å². The SMILES string of the molecule is CC(C)N(C)C(=O)c1ccc(CNC(=O)NC2CCCc3ccccc32)cc1. The fourth-order valence-electron chi connectivity index (χ4n) is 3.50. The lowest BCUT2D eigenvalue weighted by molar-refractivity contribution is 0.0755. The van der Waals surface area contributed by atoms with E-state index < -0.39 is 0 Å². The zero-order valence-electron chi connectivity index (χ0n) is 16.9. The lowest BCUT2D eigenvalue weighted by Gasteiger charge is -2.26. The van der Waals surface area contributed by atoms with E-state index in [0.29, 0.717) is 12.1 Å². The highest BCUT2D eigenvalue weighted by Gasteiger charge is 2.21. The molecule has 0 bridgehead atoms. The molecule has 148 valence electrons. The number of aryl methyl sites for hydroxylation is 1. The first-order valence-electron chi connectivity index (χ1n) is 9.94. The summed E-state index contributed by atoms with van der Waals surface area (Å²) in [4.78, 5) is 26.4. The van der Waals surface area contributed by atoms with Gasteiger partial charge >= 0.3 is 6.03 Å². The summed E-state index contributed by atoms with van der Waals surface area (Å²) in [5, 5.41) is 6.01. The number of carbonyl (C=O) groups is 2. The Bertz CT molecular complexity index is 830. The molecule has 1 aliphatic rings. The molecular formula is C23H29N3O2. The minimum atomic E-state index is -0.165. The van der Waals surface area contributed by atoms with Gasteiger partial charge in [-0.3, -0.25) is 4.79 Å². The van der Waals surface area contributed by atoms with Gasteiger partial charge in [-0.2, -0.15) is 0 Å². The molecule has 2 aromatic carbocycles. The van der Waals surface area contributed by atoms with Gasteiger partial charge in [0.05, 0.1) is 6.04 Å². The number of hydrogen-bond acceptors (Lipinski definition) is 2. The van der Waals surface area contributed by atoms with Gasteiger partial charge in [0.15, 0.2) is 0 Å². The monoisotopic (exact) mass is 379 g/mol. The summed E-state index contributed by atoms with van der Waals surface area (Å²) in [6.07, 6.45) is 3.12. The molecule has 1 aliphatic carbocycles. The fraction of sp³-hybridized carbons (Fsp3) is 0.391. The van der Waals surface area contributed by atoms with E-state index in [9.17, 15) is 9.59 Å². The first kappa shape index (κ1) is 19.9. The third-order valence-corrected chi connectivity index (χ3v) is 5.42. The Hall–Kier alpha value is -2.82. The molecule has 1 unspecified atom stereocenters. The average Bonchev–Trinajstić information content (AvgIpc) is 2.72. The van der Waals surface area contributed by atoms with Crippen LogP contribution in [0.4, 0.5) is 4.79 Å². The zero-order valence-corrected chi connectivity index (χ0v) is 16.9. The van der Waals surface area contributed by atoms with E-state index in [1.54, 1.807) is 11.9 Å². The number of carbonyl (C=O) groups excluding carboxylic acids is 2. The predicted octanol–water partition coefficient (Wildman–Crippen LogP) is 4.04. The normalized spacial score (nSPS) is 15.6. The van der Waals surface area contributed by atoms with Crippen LogP contribution in [0.5, 0.6) is 0 Å². The van der Waals surface area contributed by atoms with Gasteiger partial charge in [0.25, 0.3) is 5.91 Å². The molecule has 0 aromatic heterocycles. The van der Waals surface area contributed by atoms with Crippen molar-refractivity contribution in [3.8, 4) is 0 Å². The molecule has 0 aliphatic heterocycles. The molecule has 3 rings (SSSR count). The van der Waals surface area contributed by atoms with E-state index in [1.807, 2.05) is 44.2 Å². The first-order valence-corrected chi connectivity index (χ1v) is 9.94. The quantitative estimate of drug-likeness (QED) is 0.823. The summed E-state index contributed by atoms with van der Waals surface area (Å²) in [6, 6.07) is 15.8. The topological polar surface area (TPSA) is 61.4 Å². The highest BCUT2D eigenvalue weighted by Crippen LogP contribution is 2.29. The highest BCUT2D eigenvalue weighted by molar-refractivity contribution is 5.94. The lowest BCUT2D eigenvalue weighted by Crippen LogP contribution is -2.38. The summed E-state index contributed by atoms with van der Waals surface area (Å²) in [7, 11) is 1.80. The van der Waals surface area contributed by atoms with Crippen LogP contribution in [0.2, 0.25) is 0 Å². The van der Waals surface area contributed by atoms with E-state index in [2.05, 4.69) is 28.8 Å². The standard InChI is InChI=1S/C23H29N3O2/c1-16(2)26(3)22(27)19-13-11-17(12-14-19)15-24-23(28)25-21-10-6-8-18-7-4-5-9-20(18)21/h4-5,7,9,11-14,16,21H,6,8,10,15H2,1-3H3,(H2,24,25,28). The van der Waals surface area contributed by atoms with E-state index in [1.165, 1.54) is 11.1 Å². The first-order chi connectivity index (χ1) is 13.5. The van der Waals surface area contributed by atoms with Gasteiger partial charge in [-0.05, 0) is 61.9 Å². The van der Waals surface area contributed by atoms with Gasteiger partial charge in [-0.1, -0.05) is 36.4 Å². The van der Waals surface area contributed by atoms with Crippen molar-refractivity contribution in [2.24, 2.45) is 0 Å². The van der Waals surface area contributed by atoms with Crippen molar-refractivity contribution in [3.05, 3.63) is 70.8 Å². The lowest BCUT2D eigenvalue weighted by atomic mass is 9.88. The van der Waals surface area contributed by atoms with Gasteiger partial charge in [-0.25, -0.2) is 4.79 Å². The number of hydrogen-bond donors (Lipinski definition) is 2. The van der Waals surface area contributed by atoms with Crippen molar-refractivity contribution in [2.45, 2.75) is 51.7 Å². The van der Waals surface area contributed by atoms with E-state index in [0.717, 1.165) is 24.8 Å². The summed E-state index contributed by atoms with van der Waals surface area (Å²) in [5.41, 5.74) is 4.16. The molecule has 5 heteroatoms. The van der Waals surface area contributed by atoms with E-state index >= 15 is 0 Å². The Morgan fingerprint density at radius 3 is 2.54 bits per heavy atom. The third-order valence-electron chi connectivity index (χ3n) is 5.42. The number of amides is 3. The maximum atomic E-state index is 12.4. The number of rotatable bonds is 5. The molecule has 2 N–H and O–H groups in total. The largest absolute Gasteiger partial charge is 0.339 e. The maximum Gasteiger partial charge on any atom is 0.315 e. The van der Waals surface area contributed by atoms with Crippen molar-refractivity contribution in [3.63, 3.8) is 0 Å². The van der Waals surface area contributed by atoms with Gasteiger partial charge in [0.2, 0.25) is 0 Å². The molecule has 0 heterocycles. The Morgan fingerprint density at radius 1 is 1.11 bits per heavy atom. The van der Waals surface area contributed by atoms with Crippen LogP contribution in [0, 0.1) is 0 Å². The second-order valence-electron chi connectivity index (χ2n) is 7.68. The van der Waals surface area contributed by atoms with Crippen LogP contribution >= 0.6 is 0 Å². The predicted molar refractivity (Wildman–Crippen MR) is 111 cm³/mol. The Kier molecular flexibility index (Phi) is 6.34. The van der Waals surface area contributed by atoms with Crippen LogP contribution in [0.1, 0.15) is 59.8 Å². The molecule has 0 saturated carbocycles. The Morgan fingerprint density at radius 2 is 1.82 bits per heavy atom. The number of urea groups is 1. The summed E-state index contributed by atoms with van der Waals surface area (Å²) in [6.45, 7) is 4.40. The van der Waals surface area contributed by atoms with Gasteiger partial charge in [-0.15, -0.1) is 0 Å². The molecule has 1 atom stereocenters. The highest BCUT2D eigenvalue weighted by atomic mass is 16.2. The molecule has 0 fully saturated rings. The van der Waals surface area contributed by atoms with Crippen LogP contribution < -0.4 is 10.6 Å². The van der Waals surface area contributed by atoms with Crippen LogP contribution in [0.3, 0.4) is 0 Å². The summed E-state index contributed by atoms with van der Waals surface area (Å²) < 4.78 is 0. The van der Waals surface area contributed by atoms with Gasteiger partial charge < -0.3 is 15.5 Å². The molecule has 5 nitrogen and oxygen atoms in total. The molecule has 3 amide bonds. The summed E-state index contributed by atoms with van der Waals surface area (Å²) >= 11 is 0. The number of benzene rings is 2. The molecular weight excluding hydrogens is 350 g/mol. The smallest absolute Gasteiger partial charge is 0.315 e. The number of nitrogens with one attached hydrogen (secondary N) is 2. The zero-order chi connectivity index (χ0) is 20.1. The van der Waals surface area contributed by atoms with E-state index in [-0.39, 0.29) is 24.0 Å². The average molecular weight is 380 g/mol. The van der Waals surface area contributed by atoms with Crippen LogP contribution in [-0.2, 0) is 13.0 Å². The van der Waals surface area contributed by atoms with Crippen molar-refractivity contribution in [2.75, 3.05) is 7.05 Å². The molecule has 2 aromatic rings. The molecule has 0 radical (unpaired) electrons. The van der Waals surface area contributed by atoms with Crippen LogP contribution in [0.25, 0.3) is 0 Å². The molecule has 0 saturated heterocycles. The second-order valence-corrected chi connectivity index (χ2v) is 7.68. The van der Waals surface area contributed by atoms with Crippen molar-refractivity contribution >= 4 is 11.9 Å². The van der Waals surface area contributed by atoms with Crippen LogP contribution in [-0.4, -0.2) is 29.9 Å². The van der Waals surface area contributed by atoms with E-state index in [4.69, 9.17) is 0 Å². The van der Waals surface area contributed by atoms with Crippen LogP contribution in [0.15, 0.2) is 48.5 Å². The number of nitrogens with zero attached hydrogens (tertiary/aromatic N) is 1. The van der Waals surface area contributed by atoms with Gasteiger partial charge in [0.1, 0.15) is 0 Å². The third kappa shape index (κ3) is 4.71. The maximum absolute atomic E-state index is 12.4. The number of fused-ring (bicyclic) bond motifs is 1. The van der Waals surface area contributed by atoms with Gasteiger partial charge in [0, 0.05) is 25.2 Å². The minimum Gasteiger partial charge on any atom is -0.339 e. The molecule has 28 heavy (non-hydrogen) atoms. The molecule has 0 spiro atoms. The van der Waals surface area contributed by atoms with Crippen molar-refractivity contribution < 1.29 is 9.59 Å².